The zero-order chi connectivity index (χ0) is 13.4. The molecule has 4 rings (SSSR count). The Morgan fingerprint density at radius 1 is 1.10 bits per heavy atom. The molecule has 0 saturated heterocycles. The lowest BCUT2D eigenvalue weighted by Crippen LogP contribution is -2.16. The first-order chi connectivity index (χ1) is 9.93. The van der Waals surface area contributed by atoms with Crippen molar-refractivity contribution in [1.29, 1.82) is 0 Å². The molecule has 20 heavy (non-hydrogen) atoms. The smallest absolute Gasteiger partial charge is 0.155 e. The fourth-order valence-electron chi connectivity index (χ4n) is 3.42. The van der Waals surface area contributed by atoms with Gasteiger partial charge in [-0.1, -0.05) is 6.08 Å². The zero-order valence-corrected chi connectivity index (χ0v) is 11.7. The third-order valence-corrected chi connectivity index (χ3v) is 4.40. The van der Waals surface area contributed by atoms with E-state index in [2.05, 4.69) is 21.0 Å². The van der Waals surface area contributed by atoms with E-state index in [0.717, 1.165) is 31.6 Å². The van der Waals surface area contributed by atoms with Crippen LogP contribution in [0.3, 0.4) is 0 Å². The van der Waals surface area contributed by atoms with E-state index in [0.29, 0.717) is 0 Å². The summed E-state index contributed by atoms with van der Waals surface area (Å²) in [5, 5.41) is 8.01. The summed E-state index contributed by atoms with van der Waals surface area (Å²) in [6.45, 7) is 2.07. The summed E-state index contributed by atoms with van der Waals surface area (Å²) in [5.41, 5.74) is 6.49. The van der Waals surface area contributed by atoms with E-state index in [4.69, 9.17) is 4.98 Å². The van der Waals surface area contributed by atoms with Gasteiger partial charge in [-0.15, -0.1) is 0 Å². The molecule has 0 spiro atoms. The van der Waals surface area contributed by atoms with Crippen LogP contribution in [0.5, 0.6) is 0 Å². The second-order valence-electron chi connectivity index (χ2n) is 5.71. The van der Waals surface area contributed by atoms with Gasteiger partial charge in [-0.25, -0.2) is 9.50 Å². The minimum atomic E-state index is 0.993. The summed E-state index contributed by atoms with van der Waals surface area (Å²) in [6, 6.07) is 2.02. The quantitative estimate of drug-likeness (QED) is 0.863. The second kappa shape index (κ2) is 5.02. The van der Waals surface area contributed by atoms with Crippen molar-refractivity contribution in [2.75, 3.05) is 13.1 Å². The second-order valence-corrected chi connectivity index (χ2v) is 5.71. The van der Waals surface area contributed by atoms with Crippen molar-refractivity contribution < 1.29 is 0 Å². The Hall–Kier alpha value is -1.68. The molecular weight excluding hydrogens is 248 g/mol. The van der Waals surface area contributed by atoms with Crippen LogP contribution in [0, 0.1) is 0 Å². The van der Waals surface area contributed by atoms with Gasteiger partial charge in [-0.05, 0) is 44.2 Å². The molecule has 2 aromatic heterocycles. The fourth-order valence-corrected chi connectivity index (χ4v) is 3.42. The summed E-state index contributed by atoms with van der Waals surface area (Å²) < 4.78 is 2.06. The highest BCUT2D eigenvalue weighted by Gasteiger charge is 2.20. The number of hydrogen-bond donors (Lipinski definition) is 1. The topological polar surface area (TPSA) is 42.2 Å². The van der Waals surface area contributed by atoms with Crippen LogP contribution in [0.25, 0.3) is 11.2 Å². The Bertz CT molecular complexity index is 668. The number of aromatic nitrogens is 3. The number of hydrogen-bond acceptors (Lipinski definition) is 3. The van der Waals surface area contributed by atoms with E-state index in [-0.39, 0.29) is 0 Å². The normalized spacial score (nSPS) is 19.5. The molecule has 1 aliphatic carbocycles. The molecule has 0 bridgehead atoms. The third kappa shape index (κ3) is 1.95. The molecule has 0 saturated carbocycles. The highest BCUT2D eigenvalue weighted by molar-refractivity contribution is 5.69. The largest absolute Gasteiger partial charge is 0.316 e. The molecule has 104 valence electrons. The molecular formula is C16H20N4. The average Bonchev–Trinajstić information content (AvgIpc) is 2.82. The summed E-state index contributed by atoms with van der Waals surface area (Å²) in [4.78, 5) is 4.82. The minimum absolute atomic E-state index is 0.993. The van der Waals surface area contributed by atoms with Crippen LogP contribution in [0.1, 0.15) is 42.6 Å². The number of rotatable bonds is 1. The Morgan fingerprint density at radius 2 is 2.05 bits per heavy atom. The molecule has 0 fully saturated rings. The molecule has 4 heteroatoms. The van der Waals surface area contributed by atoms with Crippen molar-refractivity contribution in [2.24, 2.45) is 0 Å². The molecule has 0 radical (unpaired) electrons. The lowest BCUT2D eigenvalue weighted by Gasteiger charge is -2.19. The van der Waals surface area contributed by atoms with E-state index in [1.165, 1.54) is 48.2 Å². The zero-order valence-electron chi connectivity index (χ0n) is 11.7. The van der Waals surface area contributed by atoms with Crippen molar-refractivity contribution >= 4 is 11.2 Å². The summed E-state index contributed by atoms with van der Waals surface area (Å²) in [5.74, 6) is 0. The van der Waals surface area contributed by atoms with Crippen LogP contribution in [-0.2, 0) is 12.8 Å². The summed E-state index contributed by atoms with van der Waals surface area (Å²) >= 11 is 0. The Balaban J connectivity index is 1.97. The van der Waals surface area contributed by atoms with Gasteiger partial charge in [0.25, 0.3) is 0 Å². The highest BCUT2D eigenvalue weighted by atomic mass is 15.3. The van der Waals surface area contributed by atoms with Gasteiger partial charge >= 0.3 is 0 Å². The minimum Gasteiger partial charge on any atom is -0.316 e. The molecule has 2 aliphatic rings. The van der Waals surface area contributed by atoms with E-state index < -0.39 is 0 Å². The third-order valence-electron chi connectivity index (χ3n) is 4.40. The van der Waals surface area contributed by atoms with Crippen LogP contribution in [-0.4, -0.2) is 27.7 Å². The highest BCUT2D eigenvalue weighted by Crippen LogP contribution is 2.31. The molecule has 0 aromatic carbocycles. The van der Waals surface area contributed by atoms with Crippen molar-refractivity contribution in [3.63, 3.8) is 0 Å². The monoisotopic (exact) mass is 268 g/mol. The first kappa shape index (κ1) is 12.1. The van der Waals surface area contributed by atoms with Gasteiger partial charge in [0.1, 0.15) is 0 Å². The predicted octanol–water partition coefficient (Wildman–Crippen LogP) is 2.37. The van der Waals surface area contributed by atoms with E-state index in [9.17, 15) is 0 Å². The van der Waals surface area contributed by atoms with E-state index in [1.54, 1.807) is 0 Å². The number of nitrogens with zero attached hydrogens (tertiary/aromatic N) is 3. The molecule has 3 heterocycles. The van der Waals surface area contributed by atoms with Gasteiger partial charge in [0.2, 0.25) is 0 Å². The van der Waals surface area contributed by atoms with Crippen molar-refractivity contribution in [1.82, 2.24) is 19.9 Å². The molecule has 1 aliphatic heterocycles. The maximum Gasteiger partial charge on any atom is 0.155 e. The first-order valence-electron chi connectivity index (χ1n) is 7.69. The maximum absolute atomic E-state index is 4.82. The molecule has 1 N–H and O–H groups in total. The van der Waals surface area contributed by atoms with Crippen molar-refractivity contribution in [3.05, 3.63) is 35.3 Å². The lowest BCUT2D eigenvalue weighted by atomic mass is 9.92. The number of nitrogens with one attached hydrogen (secondary N) is 1. The van der Waals surface area contributed by atoms with E-state index >= 15 is 0 Å². The average molecular weight is 268 g/mol. The maximum atomic E-state index is 4.82. The van der Waals surface area contributed by atoms with Crippen LogP contribution in [0.2, 0.25) is 0 Å². The van der Waals surface area contributed by atoms with Gasteiger partial charge in [0.15, 0.2) is 5.65 Å². The number of fused-ring (bicyclic) bond motifs is 2. The SMILES string of the molecule is C1=C(c2c3c(nc4ccnn24)CCNCC3)CCCC1. The molecule has 0 unspecified atom stereocenters. The Kier molecular flexibility index (Phi) is 3.03. The van der Waals surface area contributed by atoms with Crippen molar-refractivity contribution in [3.8, 4) is 0 Å². The van der Waals surface area contributed by atoms with Crippen LogP contribution in [0.15, 0.2) is 18.3 Å². The van der Waals surface area contributed by atoms with Gasteiger partial charge in [0.05, 0.1) is 11.9 Å². The van der Waals surface area contributed by atoms with Crippen LogP contribution < -0.4 is 5.32 Å². The van der Waals surface area contributed by atoms with Gasteiger partial charge in [-0.3, -0.25) is 0 Å². The number of allylic oxidation sites excluding steroid dienone is 2. The summed E-state index contributed by atoms with van der Waals surface area (Å²) in [7, 11) is 0. The van der Waals surface area contributed by atoms with Gasteiger partial charge < -0.3 is 5.32 Å². The summed E-state index contributed by atoms with van der Waals surface area (Å²) in [6.07, 6.45) is 11.4. The predicted molar refractivity (Wildman–Crippen MR) is 79.7 cm³/mol. The molecule has 2 aromatic rings. The van der Waals surface area contributed by atoms with Crippen LogP contribution >= 0.6 is 0 Å². The van der Waals surface area contributed by atoms with E-state index in [1.807, 2.05) is 12.3 Å². The lowest BCUT2D eigenvalue weighted by molar-refractivity contribution is 0.707. The Morgan fingerprint density at radius 3 is 2.95 bits per heavy atom. The van der Waals surface area contributed by atoms with Gasteiger partial charge in [0, 0.05) is 30.3 Å². The molecule has 0 atom stereocenters. The Labute approximate surface area is 118 Å². The molecule has 4 nitrogen and oxygen atoms in total. The molecule has 0 amide bonds. The fraction of sp³-hybridized carbons (Fsp3) is 0.500. The van der Waals surface area contributed by atoms with Gasteiger partial charge in [-0.2, -0.15) is 5.10 Å². The first-order valence-corrected chi connectivity index (χ1v) is 7.69. The van der Waals surface area contributed by atoms with Crippen molar-refractivity contribution in [2.45, 2.75) is 38.5 Å². The van der Waals surface area contributed by atoms with Crippen LogP contribution in [0.4, 0.5) is 0 Å². The standard InChI is InChI=1S/C16H20N4/c1-2-4-12(5-3-1)16-13-6-9-17-10-7-14(13)19-15-8-11-18-20(15)16/h4,8,11,17H,1-3,5-7,9-10H2.